The van der Waals surface area contributed by atoms with Crippen LogP contribution in [0.25, 0.3) is 11.4 Å². The van der Waals surface area contributed by atoms with E-state index < -0.39 is 17.7 Å². The molecule has 0 fully saturated rings. The van der Waals surface area contributed by atoms with Gasteiger partial charge in [-0.2, -0.15) is 13.2 Å². The number of benzene rings is 1. The van der Waals surface area contributed by atoms with Gasteiger partial charge in [-0.3, -0.25) is 0 Å². The Balaban J connectivity index is 1.95. The normalized spacial score (nSPS) is 12.0. The zero-order valence-corrected chi connectivity index (χ0v) is 15.2. The van der Waals surface area contributed by atoms with Crippen LogP contribution in [0.5, 0.6) is 0 Å². The van der Waals surface area contributed by atoms with E-state index in [9.17, 15) is 17.6 Å². The van der Waals surface area contributed by atoms with Crippen molar-refractivity contribution in [2.75, 3.05) is 0 Å². The maximum absolute atomic E-state index is 14.2. The molecule has 2 heterocycles. The van der Waals surface area contributed by atoms with E-state index in [0.29, 0.717) is 23.1 Å². The van der Waals surface area contributed by atoms with Crippen LogP contribution in [-0.4, -0.2) is 25.0 Å². The number of halogens is 4. The molecule has 0 saturated heterocycles. The van der Waals surface area contributed by atoms with Gasteiger partial charge in [-0.15, -0.1) is 20.4 Å². The quantitative estimate of drug-likeness (QED) is 0.584. The third-order valence-corrected chi connectivity index (χ3v) is 4.42. The summed E-state index contributed by atoms with van der Waals surface area (Å²) in [4.78, 5) is 0. The number of hydrogen-bond donors (Lipinski definition) is 0. The Morgan fingerprint density at radius 2 is 1.74 bits per heavy atom. The van der Waals surface area contributed by atoms with Crippen molar-refractivity contribution in [3.8, 4) is 11.4 Å². The van der Waals surface area contributed by atoms with Gasteiger partial charge in [0, 0.05) is 6.54 Å². The van der Waals surface area contributed by atoms with Crippen molar-refractivity contribution in [2.24, 2.45) is 5.92 Å². The lowest BCUT2D eigenvalue weighted by Crippen LogP contribution is -2.10. The van der Waals surface area contributed by atoms with Crippen LogP contribution in [0.2, 0.25) is 0 Å². The molecule has 0 aliphatic rings. The fraction of sp³-hybridized carbons (Fsp3) is 0.294. The number of alkyl halides is 3. The molecule has 10 heteroatoms. The van der Waals surface area contributed by atoms with Gasteiger partial charge in [0.25, 0.3) is 0 Å². The van der Waals surface area contributed by atoms with Gasteiger partial charge >= 0.3 is 6.18 Å². The first kappa shape index (κ1) is 19.3. The van der Waals surface area contributed by atoms with Crippen LogP contribution in [0.1, 0.15) is 19.5 Å². The van der Waals surface area contributed by atoms with Gasteiger partial charge in [-0.05, 0) is 41.9 Å². The second kappa shape index (κ2) is 7.63. The van der Waals surface area contributed by atoms with Gasteiger partial charge in [0.05, 0.1) is 5.56 Å². The topological polar surface area (TPSA) is 56.5 Å². The third-order valence-electron chi connectivity index (χ3n) is 3.51. The lowest BCUT2D eigenvalue weighted by Gasteiger charge is -2.12. The van der Waals surface area contributed by atoms with Crippen molar-refractivity contribution in [3.63, 3.8) is 0 Å². The van der Waals surface area contributed by atoms with Crippen LogP contribution in [0.15, 0.2) is 46.6 Å². The second-order valence-electron chi connectivity index (χ2n) is 6.15. The van der Waals surface area contributed by atoms with E-state index >= 15 is 0 Å². The highest BCUT2D eigenvalue weighted by molar-refractivity contribution is 7.99. The third kappa shape index (κ3) is 4.44. The van der Waals surface area contributed by atoms with Gasteiger partial charge < -0.3 is 4.57 Å². The molecule has 0 amide bonds. The molecule has 3 aromatic rings. The van der Waals surface area contributed by atoms with Gasteiger partial charge in [-0.25, -0.2) is 4.39 Å². The number of hydrogen-bond acceptors (Lipinski definition) is 5. The molecule has 0 bridgehead atoms. The summed E-state index contributed by atoms with van der Waals surface area (Å²) in [7, 11) is 0. The van der Waals surface area contributed by atoms with Crippen molar-refractivity contribution in [1.82, 2.24) is 25.0 Å². The van der Waals surface area contributed by atoms with Crippen molar-refractivity contribution < 1.29 is 17.6 Å². The minimum Gasteiger partial charge on any atom is -0.301 e. The molecule has 3 rings (SSSR count). The molecule has 1 aromatic carbocycles. The average Bonchev–Trinajstić information content (AvgIpc) is 2.97. The summed E-state index contributed by atoms with van der Waals surface area (Å²) in [6.45, 7) is 4.47. The van der Waals surface area contributed by atoms with Crippen LogP contribution in [0.4, 0.5) is 17.6 Å². The van der Waals surface area contributed by atoms with Crippen LogP contribution < -0.4 is 0 Å². The number of aromatic nitrogens is 5. The van der Waals surface area contributed by atoms with Gasteiger partial charge in [0.15, 0.2) is 16.7 Å². The molecule has 0 spiro atoms. The summed E-state index contributed by atoms with van der Waals surface area (Å²) in [5.74, 6) is 0.134. The molecule has 0 atom stereocenters. The van der Waals surface area contributed by atoms with Crippen molar-refractivity contribution in [2.45, 2.75) is 36.8 Å². The first-order valence-electron chi connectivity index (χ1n) is 8.02. The van der Waals surface area contributed by atoms with Crippen LogP contribution >= 0.6 is 11.8 Å². The molecular formula is C17H15F4N5S. The van der Waals surface area contributed by atoms with Crippen molar-refractivity contribution >= 4 is 11.8 Å². The summed E-state index contributed by atoms with van der Waals surface area (Å²) in [6.07, 6.45) is -4.55. The maximum Gasteiger partial charge on any atom is 0.435 e. The van der Waals surface area contributed by atoms with E-state index in [1.54, 1.807) is 22.8 Å². The Morgan fingerprint density at radius 3 is 2.33 bits per heavy atom. The molecular weight excluding hydrogens is 382 g/mol. The highest BCUT2D eigenvalue weighted by atomic mass is 32.2. The van der Waals surface area contributed by atoms with Crippen LogP contribution in [-0.2, 0) is 12.7 Å². The molecule has 2 aromatic heterocycles. The summed E-state index contributed by atoms with van der Waals surface area (Å²) < 4.78 is 53.7. The highest BCUT2D eigenvalue weighted by Gasteiger charge is 2.33. The SMILES string of the molecule is CC(C)Cn1c(Sc2ccc(C(F)(F)F)nn2)nnc1-c1ccccc1F. The summed E-state index contributed by atoms with van der Waals surface area (Å²) in [5, 5.41) is 15.6. The first-order valence-corrected chi connectivity index (χ1v) is 8.84. The minimum absolute atomic E-state index is 0.213. The predicted octanol–water partition coefficient (Wildman–Crippen LogP) is 4.70. The van der Waals surface area contributed by atoms with Crippen LogP contribution in [0.3, 0.4) is 0 Å². The van der Waals surface area contributed by atoms with E-state index in [0.717, 1.165) is 17.8 Å². The lowest BCUT2D eigenvalue weighted by molar-refractivity contribution is -0.141. The number of nitrogens with zero attached hydrogens (tertiary/aromatic N) is 5. The molecule has 0 radical (unpaired) electrons. The standard InChI is InChI=1S/C17H15F4N5S/c1-10(2)9-26-15(11-5-3-4-6-12(11)18)24-25-16(26)27-14-8-7-13(22-23-14)17(19,20)21/h3-8,10H,9H2,1-2H3. The van der Waals surface area contributed by atoms with Gasteiger partial charge in [-0.1, -0.05) is 26.0 Å². The molecule has 27 heavy (non-hydrogen) atoms. The molecule has 142 valence electrons. The van der Waals surface area contributed by atoms with Crippen LogP contribution in [0, 0.1) is 11.7 Å². The summed E-state index contributed by atoms with van der Waals surface area (Å²) in [6, 6.07) is 8.28. The largest absolute Gasteiger partial charge is 0.435 e. The molecule has 0 aliphatic carbocycles. The minimum atomic E-state index is -4.55. The van der Waals surface area contributed by atoms with E-state index in [4.69, 9.17) is 0 Å². The molecule has 0 unspecified atom stereocenters. The van der Waals surface area contributed by atoms with Crippen molar-refractivity contribution in [1.29, 1.82) is 0 Å². The van der Waals surface area contributed by atoms with Gasteiger partial charge in [0.2, 0.25) is 0 Å². The number of rotatable bonds is 5. The molecule has 0 saturated carbocycles. The fourth-order valence-corrected chi connectivity index (χ4v) is 3.11. The van der Waals surface area contributed by atoms with Crippen molar-refractivity contribution in [3.05, 3.63) is 47.9 Å². The zero-order chi connectivity index (χ0) is 19.6. The van der Waals surface area contributed by atoms with E-state index in [2.05, 4.69) is 20.4 Å². The molecule has 0 aliphatic heterocycles. The summed E-state index contributed by atoms with van der Waals surface area (Å²) in [5.41, 5.74) is -0.765. The Kier molecular flexibility index (Phi) is 5.45. The van der Waals surface area contributed by atoms with E-state index in [1.807, 2.05) is 13.8 Å². The first-order chi connectivity index (χ1) is 12.8. The van der Waals surface area contributed by atoms with E-state index in [1.165, 1.54) is 12.1 Å². The zero-order valence-electron chi connectivity index (χ0n) is 14.4. The van der Waals surface area contributed by atoms with Gasteiger partial charge in [0.1, 0.15) is 10.8 Å². The molecule has 0 N–H and O–H groups in total. The summed E-state index contributed by atoms with van der Waals surface area (Å²) >= 11 is 1.02. The monoisotopic (exact) mass is 397 g/mol. The Labute approximate surface area is 156 Å². The smallest absolute Gasteiger partial charge is 0.301 e. The average molecular weight is 397 g/mol. The maximum atomic E-state index is 14.2. The Bertz CT molecular complexity index is 922. The Hall–Kier alpha value is -2.49. The fourth-order valence-electron chi connectivity index (χ4n) is 2.35. The lowest BCUT2D eigenvalue weighted by atomic mass is 10.2. The molecule has 5 nitrogen and oxygen atoms in total. The predicted molar refractivity (Wildman–Crippen MR) is 91.4 cm³/mol. The second-order valence-corrected chi connectivity index (χ2v) is 7.13. The Morgan fingerprint density at radius 1 is 1.00 bits per heavy atom. The van der Waals surface area contributed by atoms with E-state index in [-0.39, 0.29) is 10.9 Å². The highest BCUT2D eigenvalue weighted by Crippen LogP contribution is 2.32.